The predicted molar refractivity (Wildman–Crippen MR) is 41.3 cm³/mol. The lowest BCUT2D eigenvalue weighted by Gasteiger charge is -2.31. The number of hydrogen-bond acceptors (Lipinski definition) is 3. The van der Waals surface area contributed by atoms with Crippen molar-refractivity contribution in [2.45, 2.75) is 6.42 Å². The maximum absolute atomic E-state index is 11.2. The van der Waals surface area contributed by atoms with Crippen molar-refractivity contribution in [3.05, 3.63) is 0 Å². The van der Waals surface area contributed by atoms with E-state index in [0.717, 1.165) is 25.6 Å². The molecular formula is C7H11N3O. The summed E-state index contributed by atoms with van der Waals surface area (Å²) in [6, 6.07) is 0. The van der Waals surface area contributed by atoms with E-state index < -0.39 is 0 Å². The minimum atomic E-state index is 0.222. The zero-order valence-electron chi connectivity index (χ0n) is 6.58. The van der Waals surface area contributed by atoms with Crippen LogP contribution in [0.15, 0.2) is 4.99 Å². The molecule has 0 spiro atoms. The summed E-state index contributed by atoms with van der Waals surface area (Å²) >= 11 is 0. The fourth-order valence-corrected chi connectivity index (χ4v) is 1.50. The number of aliphatic imine (C=N–C) groups is 1. The summed E-state index contributed by atoms with van der Waals surface area (Å²) in [5, 5.41) is 0. The third-order valence-electron chi connectivity index (χ3n) is 2.12. The molecule has 60 valence electrons. The number of hydrogen-bond donors (Lipinski definition) is 0. The highest BCUT2D eigenvalue weighted by atomic mass is 16.2. The molecule has 4 heteroatoms. The average molecular weight is 153 g/mol. The molecule has 2 aliphatic heterocycles. The molecule has 0 radical (unpaired) electrons. The van der Waals surface area contributed by atoms with E-state index in [4.69, 9.17) is 0 Å². The molecule has 0 atom stereocenters. The molecule has 0 aliphatic carbocycles. The lowest BCUT2D eigenvalue weighted by Crippen LogP contribution is -2.49. The molecule has 0 aromatic carbocycles. The average Bonchev–Trinajstić information content (AvgIpc) is 2.45. The fourth-order valence-electron chi connectivity index (χ4n) is 1.50. The van der Waals surface area contributed by atoms with Gasteiger partial charge in [-0.1, -0.05) is 0 Å². The molecule has 0 unspecified atom stereocenters. The van der Waals surface area contributed by atoms with Crippen molar-refractivity contribution in [3.8, 4) is 0 Å². The first-order valence-corrected chi connectivity index (χ1v) is 3.85. The Morgan fingerprint density at radius 3 is 3.00 bits per heavy atom. The molecule has 0 N–H and O–H groups in total. The van der Waals surface area contributed by atoms with Gasteiger partial charge >= 0.3 is 0 Å². The molecule has 0 aromatic rings. The van der Waals surface area contributed by atoms with Crippen LogP contribution in [-0.2, 0) is 4.79 Å². The van der Waals surface area contributed by atoms with Gasteiger partial charge in [0.25, 0.3) is 0 Å². The van der Waals surface area contributed by atoms with Crippen LogP contribution in [0.25, 0.3) is 0 Å². The number of amides is 1. The summed E-state index contributed by atoms with van der Waals surface area (Å²) in [5.41, 5.74) is 0. The number of rotatable bonds is 0. The van der Waals surface area contributed by atoms with Gasteiger partial charge < -0.3 is 4.90 Å². The van der Waals surface area contributed by atoms with Crippen LogP contribution in [0.3, 0.4) is 0 Å². The number of fused-ring (bicyclic) bond motifs is 1. The van der Waals surface area contributed by atoms with Gasteiger partial charge in [0, 0.05) is 26.6 Å². The van der Waals surface area contributed by atoms with Gasteiger partial charge in [-0.15, -0.1) is 0 Å². The van der Waals surface area contributed by atoms with E-state index in [1.807, 2.05) is 11.9 Å². The van der Waals surface area contributed by atoms with Crippen molar-refractivity contribution in [3.63, 3.8) is 0 Å². The Kier molecular flexibility index (Phi) is 1.34. The van der Waals surface area contributed by atoms with Crippen LogP contribution in [0.5, 0.6) is 0 Å². The summed E-state index contributed by atoms with van der Waals surface area (Å²) in [6.45, 7) is 2.36. The monoisotopic (exact) mass is 153 g/mol. The second-order valence-electron chi connectivity index (χ2n) is 2.90. The highest BCUT2D eigenvalue weighted by Gasteiger charge is 2.30. The molecule has 1 saturated heterocycles. The summed E-state index contributed by atoms with van der Waals surface area (Å²) < 4.78 is 0. The molecule has 4 nitrogen and oxygen atoms in total. The second kappa shape index (κ2) is 2.22. The summed E-state index contributed by atoms with van der Waals surface area (Å²) in [7, 11) is 1.98. The zero-order valence-corrected chi connectivity index (χ0v) is 6.58. The lowest BCUT2D eigenvalue weighted by atomic mass is 10.3. The van der Waals surface area contributed by atoms with Crippen LogP contribution in [0.1, 0.15) is 6.42 Å². The SMILES string of the molecule is CN1CCC(=O)N2CCN=C12. The first-order chi connectivity index (χ1) is 5.29. The van der Waals surface area contributed by atoms with Gasteiger partial charge in [-0.2, -0.15) is 0 Å². The summed E-state index contributed by atoms with van der Waals surface area (Å²) in [5.74, 6) is 1.08. The summed E-state index contributed by atoms with van der Waals surface area (Å²) in [6.07, 6.45) is 0.634. The highest BCUT2D eigenvalue weighted by Crippen LogP contribution is 2.12. The minimum Gasteiger partial charge on any atom is -0.345 e. The Morgan fingerprint density at radius 2 is 2.27 bits per heavy atom. The number of carbonyl (C=O) groups is 1. The van der Waals surface area contributed by atoms with Crippen LogP contribution in [0.4, 0.5) is 0 Å². The molecule has 0 saturated carbocycles. The topological polar surface area (TPSA) is 35.9 Å². The normalized spacial score (nSPS) is 23.7. The third-order valence-corrected chi connectivity index (χ3v) is 2.12. The Labute approximate surface area is 65.5 Å². The van der Waals surface area contributed by atoms with Gasteiger partial charge in [0.1, 0.15) is 0 Å². The van der Waals surface area contributed by atoms with E-state index in [1.165, 1.54) is 0 Å². The lowest BCUT2D eigenvalue weighted by molar-refractivity contribution is -0.128. The second-order valence-corrected chi connectivity index (χ2v) is 2.90. The molecule has 1 fully saturated rings. The van der Waals surface area contributed by atoms with Crippen LogP contribution in [0.2, 0.25) is 0 Å². The van der Waals surface area contributed by atoms with Gasteiger partial charge in [0.2, 0.25) is 11.9 Å². The van der Waals surface area contributed by atoms with Gasteiger partial charge in [0.05, 0.1) is 6.54 Å². The molecule has 0 aromatic heterocycles. The van der Waals surface area contributed by atoms with Crippen molar-refractivity contribution in [1.29, 1.82) is 0 Å². The largest absolute Gasteiger partial charge is 0.345 e. The molecule has 2 aliphatic rings. The van der Waals surface area contributed by atoms with E-state index in [2.05, 4.69) is 4.99 Å². The maximum atomic E-state index is 11.2. The van der Waals surface area contributed by atoms with Crippen LogP contribution < -0.4 is 0 Å². The molecule has 2 heterocycles. The van der Waals surface area contributed by atoms with E-state index in [0.29, 0.717) is 6.42 Å². The predicted octanol–water partition coefficient (Wildman–Crippen LogP) is -0.480. The van der Waals surface area contributed by atoms with E-state index in [9.17, 15) is 4.79 Å². The van der Waals surface area contributed by atoms with Crippen molar-refractivity contribution in [2.24, 2.45) is 4.99 Å². The minimum absolute atomic E-state index is 0.222. The van der Waals surface area contributed by atoms with E-state index in [-0.39, 0.29) is 5.91 Å². The number of guanidine groups is 1. The Balaban J connectivity index is 2.24. The molecule has 2 rings (SSSR count). The van der Waals surface area contributed by atoms with Crippen molar-refractivity contribution in [2.75, 3.05) is 26.7 Å². The van der Waals surface area contributed by atoms with Gasteiger partial charge in [-0.3, -0.25) is 14.7 Å². The van der Waals surface area contributed by atoms with Crippen LogP contribution in [0, 0.1) is 0 Å². The summed E-state index contributed by atoms with van der Waals surface area (Å²) in [4.78, 5) is 19.3. The van der Waals surface area contributed by atoms with E-state index >= 15 is 0 Å². The van der Waals surface area contributed by atoms with Crippen molar-refractivity contribution in [1.82, 2.24) is 9.80 Å². The van der Waals surface area contributed by atoms with Gasteiger partial charge in [-0.05, 0) is 0 Å². The first-order valence-electron chi connectivity index (χ1n) is 3.85. The van der Waals surface area contributed by atoms with Gasteiger partial charge in [0.15, 0.2) is 0 Å². The molecule has 0 bridgehead atoms. The van der Waals surface area contributed by atoms with Crippen LogP contribution >= 0.6 is 0 Å². The quantitative estimate of drug-likeness (QED) is 0.471. The molecular weight excluding hydrogens is 142 g/mol. The van der Waals surface area contributed by atoms with Crippen molar-refractivity contribution >= 4 is 11.9 Å². The fraction of sp³-hybridized carbons (Fsp3) is 0.714. The standard InChI is InChI=1S/C7H11N3O/c1-9-4-2-6(11)10-5-3-8-7(9)10/h2-5H2,1H3. The van der Waals surface area contributed by atoms with Gasteiger partial charge in [-0.25, -0.2) is 0 Å². The number of carbonyl (C=O) groups excluding carboxylic acids is 1. The Morgan fingerprint density at radius 1 is 1.45 bits per heavy atom. The maximum Gasteiger partial charge on any atom is 0.231 e. The number of nitrogens with zero attached hydrogens (tertiary/aromatic N) is 3. The smallest absolute Gasteiger partial charge is 0.231 e. The third kappa shape index (κ3) is 0.895. The molecule has 11 heavy (non-hydrogen) atoms. The first kappa shape index (κ1) is 6.64. The highest BCUT2D eigenvalue weighted by molar-refractivity contribution is 6.00. The molecule has 1 amide bonds. The Hall–Kier alpha value is -1.06. The van der Waals surface area contributed by atoms with E-state index in [1.54, 1.807) is 4.90 Å². The van der Waals surface area contributed by atoms with Crippen LogP contribution in [-0.4, -0.2) is 48.3 Å². The zero-order chi connectivity index (χ0) is 7.84. The Bertz CT molecular complexity index is 224. The van der Waals surface area contributed by atoms with Crippen molar-refractivity contribution < 1.29 is 4.79 Å².